The van der Waals surface area contributed by atoms with E-state index in [0.29, 0.717) is 19.3 Å². The topological polar surface area (TPSA) is 207 Å². The minimum Gasteiger partial charge on any atom is -0.458 e. The lowest BCUT2D eigenvalue weighted by molar-refractivity contribution is -0.342. The van der Waals surface area contributed by atoms with Crippen LogP contribution in [0, 0.1) is 28.6 Å². The van der Waals surface area contributed by atoms with E-state index in [1.807, 2.05) is 6.92 Å². The van der Waals surface area contributed by atoms with Gasteiger partial charge in [-0.2, -0.15) is 0 Å². The maximum Gasteiger partial charge on any atom is 0.331 e. The third-order valence-corrected chi connectivity index (χ3v) is 12.2. The second-order valence-electron chi connectivity index (χ2n) is 13.8. The second-order valence-corrected chi connectivity index (χ2v) is 13.8. The molecule has 0 radical (unpaired) electrons. The Labute approximate surface area is 238 Å². The molecule has 2 aliphatic heterocycles. The Morgan fingerprint density at radius 2 is 1.76 bits per heavy atom. The predicted octanol–water partition coefficient (Wildman–Crippen LogP) is -1.51. The number of cyclic esters (lactones) is 1. The Hall–Kier alpha value is -1.19. The maximum atomic E-state index is 12.4. The summed E-state index contributed by atoms with van der Waals surface area (Å²) in [5, 5.41) is 89.6. The molecule has 4 aliphatic carbocycles. The van der Waals surface area contributed by atoms with Crippen molar-refractivity contribution in [3.05, 3.63) is 11.6 Å². The molecule has 1 saturated heterocycles. The van der Waals surface area contributed by atoms with E-state index in [4.69, 9.17) is 14.2 Å². The summed E-state index contributed by atoms with van der Waals surface area (Å²) in [7, 11) is 0. The van der Waals surface area contributed by atoms with Crippen LogP contribution in [0.3, 0.4) is 0 Å². The molecule has 12 unspecified atom stereocenters. The molecule has 12 nitrogen and oxygen atoms in total. The van der Waals surface area contributed by atoms with Crippen LogP contribution in [0.1, 0.15) is 58.8 Å². The van der Waals surface area contributed by atoms with Gasteiger partial charge in [0.1, 0.15) is 24.9 Å². The molecule has 2 heterocycles. The number of hydrogen-bond donors (Lipinski definition) is 8. The Kier molecular flexibility index (Phi) is 7.22. The van der Waals surface area contributed by atoms with Gasteiger partial charge < -0.3 is 55.1 Å². The number of aliphatic hydroxyl groups excluding tert-OH is 6. The van der Waals surface area contributed by atoms with Gasteiger partial charge in [0.2, 0.25) is 0 Å². The van der Waals surface area contributed by atoms with Gasteiger partial charge in [-0.25, -0.2) is 4.79 Å². The molecule has 0 bridgehead atoms. The zero-order valence-electron chi connectivity index (χ0n) is 23.5. The Morgan fingerprint density at radius 1 is 1.02 bits per heavy atom. The first-order chi connectivity index (χ1) is 19.2. The number of hydrogen-bond acceptors (Lipinski definition) is 12. The van der Waals surface area contributed by atoms with Gasteiger partial charge in [-0.3, -0.25) is 0 Å². The molecule has 0 aromatic carbocycles. The average Bonchev–Trinajstić information content (AvgIpc) is 3.45. The second kappa shape index (κ2) is 9.91. The molecule has 0 aromatic heterocycles. The largest absolute Gasteiger partial charge is 0.458 e. The SMILES string of the molecule is CC1OC(OC2CC(O)[C@]3(CO)C4C(CCC3(O)C2)C2(O)CCC(C3=CC(=O)OC3)[C@@]2(C)C[C@H]4O)C(O)C(O)C1O. The van der Waals surface area contributed by atoms with Crippen molar-refractivity contribution in [2.75, 3.05) is 13.2 Å². The van der Waals surface area contributed by atoms with Gasteiger partial charge in [0, 0.05) is 30.3 Å². The number of carbonyl (C=O) groups is 1. The van der Waals surface area contributed by atoms with Crippen molar-refractivity contribution >= 4 is 5.97 Å². The maximum absolute atomic E-state index is 12.4. The lowest BCUT2D eigenvalue weighted by Gasteiger charge is -2.68. The quantitative estimate of drug-likeness (QED) is 0.140. The molecule has 8 N–H and O–H groups in total. The van der Waals surface area contributed by atoms with E-state index in [0.717, 1.165) is 5.57 Å². The third kappa shape index (κ3) is 3.99. The first-order valence-electron chi connectivity index (χ1n) is 14.9. The summed E-state index contributed by atoms with van der Waals surface area (Å²) in [4.78, 5) is 11.8. The summed E-state index contributed by atoms with van der Waals surface area (Å²) in [5.74, 6) is -1.93. The van der Waals surface area contributed by atoms with Crippen LogP contribution in [0.15, 0.2) is 11.6 Å². The van der Waals surface area contributed by atoms with Gasteiger partial charge in [0.05, 0.1) is 47.6 Å². The number of aliphatic hydroxyl groups is 8. The lowest BCUT2D eigenvalue weighted by Crippen LogP contribution is -2.76. The van der Waals surface area contributed by atoms with Crippen LogP contribution in [0.2, 0.25) is 0 Å². The lowest BCUT2D eigenvalue weighted by atomic mass is 9.40. The van der Waals surface area contributed by atoms with Gasteiger partial charge >= 0.3 is 5.97 Å². The van der Waals surface area contributed by atoms with Gasteiger partial charge in [-0.05, 0) is 56.4 Å². The fourth-order valence-corrected chi connectivity index (χ4v) is 10.1. The van der Waals surface area contributed by atoms with E-state index in [1.54, 1.807) is 0 Å². The highest BCUT2D eigenvalue weighted by atomic mass is 16.7. The van der Waals surface area contributed by atoms with Crippen LogP contribution in [0.4, 0.5) is 0 Å². The summed E-state index contributed by atoms with van der Waals surface area (Å²) >= 11 is 0. The molecule has 41 heavy (non-hydrogen) atoms. The molecule has 232 valence electrons. The Morgan fingerprint density at radius 3 is 2.41 bits per heavy atom. The molecular formula is C29H44O12. The highest BCUT2D eigenvalue weighted by Gasteiger charge is 2.75. The van der Waals surface area contributed by atoms with E-state index >= 15 is 0 Å². The molecule has 12 heteroatoms. The first-order valence-corrected chi connectivity index (χ1v) is 14.9. The summed E-state index contributed by atoms with van der Waals surface area (Å²) in [5.41, 5.74) is -4.46. The monoisotopic (exact) mass is 584 g/mol. The van der Waals surface area contributed by atoms with E-state index in [-0.39, 0.29) is 38.2 Å². The van der Waals surface area contributed by atoms with Crippen molar-refractivity contribution in [1.29, 1.82) is 0 Å². The molecule has 0 aromatic rings. The van der Waals surface area contributed by atoms with Crippen LogP contribution in [0.5, 0.6) is 0 Å². The predicted molar refractivity (Wildman–Crippen MR) is 139 cm³/mol. The summed E-state index contributed by atoms with van der Waals surface area (Å²) < 4.78 is 16.7. The first kappa shape index (κ1) is 29.9. The normalized spacial score (nSPS) is 56.9. The van der Waals surface area contributed by atoms with E-state index in [2.05, 4.69) is 0 Å². The van der Waals surface area contributed by atoms with Crippen LogP contribution in [0.25, 0.3) is 0 Å². The molecule has 5 fully saturated rings. The summed E-state index contributed by atoms with van der Waals surface area (Å²) in [6.45, 7) is 3.00. The molecule has 0 amide bonds. The number of fused-ring (bicyclic) bond motifs is 5. The van der Waals surface area contributed by atoms with Crippen molar-refractivity contribution in [1.82, 2.24) is 0 Å². The van der Waals surface area contributed by atoms with Crippen LogP contribution >= 0.6 is 0 Å². The Bertz CT molecular complexity index is 1080. The van der Waals surface area contributed by atoms with Crippen molar-refractivity contribution in [2.24, 2.45) is 28.6 Å². The smallest absolute Gasteiger partial charge is 0.331 e. The number of rotatable bonds is 4. The van der Waals surface area contributed by atoms with Crippen LogP contribution < -0.4 is 0 Å². The minimum absolute atomic E-state index is 0.0369. The minimum atomic E-state index is -1.67. The standard InChI is InChI=1S/C29H44O12/c1-13-22(34)23(35)24(36)25(40-13)41-15-8-19(32)28(12-30)21-17(3-5-27(28,37)9-15)29(38)6-4-16(14-7-20(33)39-11-14)26(29,2)10-18(21)31/h7,13,15-19,21-25,30-32,34-38H,3-6,8-12H2,1-2H3/t13?,15?,16?,17?,18-,19?,21?,22?,23?,24?,25?,26-,27?,28-,29?/m1/s1. The van der Waals surface area contributed by atoms with Crippen LogP contribution in [-0.4, -0.2) is 120 Å². The zero-order chi connectivity index (χ0) is 29.7. The highest BCUT2D eigenvalue weighted by molar-refractivity contribution is 5.85. The highest BCUT2D eigenvalue weighted by Crippen LogP contribution is 2.70. The fourth-order valence-electron chi connectivity index (χ4n) is 10.1. The van der Waals surface area contributed by atoms with E-state index in [9.17, 15) is 45.6 Å². The van der Waals surface area contributed by atoms with Crippen molar-refractivity contribution < 1.29 is 59.9 Å². The van der Waals surface area contributed by atoms with Crippen molar-refractivity contribution in [2.45, 2.75) is 119 Å². The third-order valence-electron chi connectivity index (χ3n) is 12.2. The molecule has 4 saturated carbocycles. The summed E-state index contributed by atoms with van der Waals surface area (Å²) in [6.07, 6.45) is -6.68. The molecule has 15 atom stereocenters. The van der Waals surface area contributed by atoms with E-state index in [1.165, 1.54) is 13.0 Å². The molecule has 6 rings (SSSR count). The fraction of sp³-hybridized carbons (Fsp3) is 0.897. The molecule has 6 aliphatic rings. The Balaban J connectivity index is 1.28. The van der Waals surface area contributed by atoms with Crippen molar-refractivity contribution in [3.63, 3.8) is 0 Å². The van der Waals surface area contributed by atoms with Gasteiger partial charge in [0.25, 0.3) is 0 Å². The van der Waals surface area contributed by atoms with E-state index < -0.39 is 95.5 Å². The number of ether oxygens (including phenoxy) is 3. The number of carbonyl (C=O) groups excluding carboxylic acids is 1. The van der Waals surface area contributed by atoms with Gasteiger partial charge in [-0.15, -0.1) is 0 Å². The zero-order valence-corrected chi connectivity index (χ0v) is 23.5. The van der Waals surface area contributed by atoms with Gasteiger partial charge in [0.15, 0.2) is 6.29 Å². The van der Waals surface area contributed by atoms with Gasteiger partial charge in [-0.1, -0.05) is 6.92 Å². The molecule has 0 spiro atoms. The number of esters is 1. The average molecular weight is 585 g/mol. The van der Waals surface area contributed by atoms with Crippen molar-refractivity contribution in [3.8, 4) is 0 Å². The molecular weight excluding hydrogens is 540 g/mol. The van der Waals surface area contributed by atoms with Crippen LogP contribution in [-0.2, 0) is 19.0 Å². The summed E-state index contributed by atoms with van der Waals surface area (Å²) in [6, 6.07) is 0.